The number of piperazine rings is 1. The van der Waals surface area contributed by atoms with Crippen molar-refractivity contribution in [2.45, 2.75) is 32.4 Å². The predicted molar refractivity (Wildman–Crippen MR) is 97.0 cm³/mol. The molecular formula is C19H30N4O. The van der Waals surface area contributed by atoms with Crippen LogP contribution in [0, 0.1) is 11.3 Å². The van der Waals surface area contributed by atoms with Crippen molar-refractivity contribution < 1.29 is 4.74 Å². The fraction of sp³-hybridized carbons (Fsp3) is 0.632. The summed E-state index contributed by atoms with van der Waals surface area (Å²) in [5.41, 5.74) is 1.23. The van der Waals surface area contributed by atoms with Crippen LogP contribution in [0.4, 0.5) is 0 Å². The Hall–Kier alpha value is -1.61. The van der Waals surface area contributed by atoms with Crippen LogP contribution in [-0.4, -0.2) is 62.2 Å². The van der Waals surface area contributed by atoms with Crippen molar-refractivity contribution in [3.8, 4) is 11.8 Å². The van der Waals surface area contributed by atoms with Crippen molar-refractivity contribution in [2.24, 2.45) is 0 Å². The quantitative estimate of drug-likeness (QED) is 0.703. The molecule has 0 aliphatic carbocycles. The van der Waals surface area contributed by atoms with E-state index < -0.39 is 0 Å². The van der Waals surface area contributed by atoms with E-state index in [9.17, 15) is 0 Å². The predicted octanol–water partition coefficient (Wildman–Crippen LogP) is 2.09. The summed E-state index contributed by atoms with van der Waals surface area (Å²) in [5.74, 6) is 0.888. The lowest BCUT2D eigenvalue weighted by Crippen LogP contribution is -2.48. The van der Waals surface area contributed by atoms with E-state index in [-0.39, 0.29) is 0 Å². The van der Waals surface area contributed by atoms with Crippen molar-refractivity contribution >= 4 is 0 Å². The molecule has 1 saturated heterocycles. The number of nitriles is 1. The van der Waals surface area contributed by atoms with Crippen molar-refractivity contribution in [2.75, 3.05) is 46.4 Å². The van der Waals surface area contributed by atoms with E-state index in [0.29, 0.717) is 19.1 Å². The highest BCUT2D eigenvalue weighted by atomic mass is 16.5. The van der Waals surface area contributed by atoms with Gasteiger partial charge in [0.05, 0.1) is 12.7 Å². The number of nitrogens with one attached hydrogen (secondary N) is 1. The van der Waals surface area contributed by atoms with Crippen LogP contribution in [0.25, 0.3) is 0 Å². The maximum Gasteiger partial charge on any atom is 0.119 e. The molecule has 1 aliphatic rings. The smallest absolute Gasteiger partial charge is 0.119 e. The molecule has 0 spiro atoms. The Labute approximate surface area is 146 Å². The molecular weight excluding hydrogens is 300 g/mol. The van der Waals surface area contributed by atoms with Gasteiger partial charge in [-0.1, -0.05) is 12.1 Å². The number of likely N-dealkylation sites (N-methyl/N-ethyl adjacent to an activating group) is 1. The third-order valence-corrected chi connectivity index (χ3v) is 4.38. The number of rotatable bonds is 9. The summed E-state index contributed by atoms with van der Waals surface area (Å²) < 4.78 is 5.70. The second kappa shape index (κ2) is 10.3. The summed E-state index contributed by atoms with van der Waals surface area (Å²) >= 11 is 0. The highest BCUT2D eigenvalue weighted by Gasteiger charge is 2.15. The lowest BCUT2D eigenvalue weighted by atomic mass is 10.2. The molecule has 1 aromatic rings. The van der Waals surface area contributed by atoms with Gasteiger partial charge >= 0.3 is 0 Å². The van der Waals surface area contributed by atoms with Crippen LogP contribution >= 0.6 is 0 Å². The number of unbranched alkanes of at least 4 members (excludes halogenated alkanes) is 1. The monoisotopic (exact) mass is 330 g/mol. The lowest BCUT2D eigenvalue weighted by Gasteiger charge is -2.34. The number of ether oxygens (including phenoxy) is 1. The molecule has 1 unspecified atom stereocenters. The van der Waals surface area contributed by atoms with Gasteiger partial charge in [0.2, 0.25) is 0 Å². The van der Waals surface area contributed by atoms with Crippen molar-refractivity contribution in [1.29, 1.82) is 5.26 Å². The largest absolute Gasteiger partial charge is 0.494 e. The van der Waals surface area contributed by atoms with Crippen LogP contribution in [0.1, 0.15) is 25.3 Å². The number of benzene rings is 1. The van der Waals surface area contributed by atoms with Crippen molar-refractivity contribution in [1.82, 2.24) is 15.1 Å². The normalized spacial score (nSPS) is 17.4. The molecule has 5 heteroatoms. The zero-order valence-electron chi connectivity index (χ0n) is 15.0. The molecule has 1 fully saturated rings. The Balaban J connectivity index is 1.70. The Bertz CT molecular complexity index is 520. The van der Waals surface area contributed by atoms with Gasteiger partial charge in [-0.25, -0.2) is 0 Å². The van der Waals surface area contributed by atoms with Gasteiger partial charge in [0.25, 0.3) is 0 Å². The average molecular weight is 330 g/mol. The van der Waals surface area contributed by atoms with Gasteiger partial charge in [-0.2, -0.15) is 5.26 Å². The summed E-state index contributed by atoms with van der Waals surface area (Å²) in [7, 11) is 2.19. The van der Waals surface area contributed by atoms with E-state index >= 15 is 0 Å². The minimum atomic E-state index is 0.466. The molecule has 1 atom stereocenters. The van der Waals surface area contributed by atoms with Gasteiger partial charge in [-0.3, -0.25) is 4.90 Å². The Morgan fingerprint density at radius 2 is 2.08 bits per heavy atom. The zero-order valence-corrected chi connectivity index (χ0v) is 15.0. The Kier molecular flexibility index (Phi) is 8.03. The van der Waals surface area contributed by atoms with Crippen molar-refractivity contribution in [3.63, 3.8) is 0 Å². The molecule has 24 heavy (non-hydrogen) atoms. The molecule has 0 aromatic heterocycles. The first kappa shape index (κ1) is 18.7. The topological polar surface area (TPSA) is 51.5 Å². The molecule has 1 heterocycles. The zero-order chi connectivity index (χ0) is 17.2. The van der Waals surface area contributed by atoms with E-state index in [1.54, 1.807) is 0 Å². The summed E-state index contributed by atoms with van der Waals surface area (Å²) in [6.07, 6.45) is 1.33. The fourth-order valence-electron chi connectivity index (χ4n) is 2.86. The van der Waals surface area contributed by atoms with Crippen LogP contribution in [0.3, 0.4) is 0 Å². The van der Waals surface area contributed by atoms with Crippen LogP contribution in [-0.2, 0) is 6.54 Å². The summed E-state index contributed by atoms with van der Waals surface area (Å²) in [4.78, 5) is 4.92. The third kappa shape index (κ3) is 6.88. The standard InChI is InChI=1S/C19H30N4O/c1-17(16-23-11-9-22(2)10-12-23)21-15-18-6-5-7-19(14-18)24-13-4-3-8-20/h5-7,14,17,21H,3-4,9-13,15-16H2,1-2H3. The summed E-state index contributed by atoms with van der Waals surface area (Å²) in [5, 5.41) is 12.1. The first-order chi connectivity index (χ1) is 11.7. The maximum absolute atomic E-state index is 8.54. The van der Waals surface area contributed by atoms with Gasteiger partial charge in [-0.15, -0.1) is 0 Å². The van der Waals surface area contributed by atoms with Gasteiger partial charge in [0, 0.05) is 51.7 Å². The van der Waals surface area contributed by atoms with Gasteiger partial charge in [-0.05, 0) is 38.1 Å². The number of nitrogens with zero attached hydrogens (tertiary/aromatic N) is 3. The molecule has 5 nitrogen and oxygen atoms in total. The summed E-state index contributed by atoms with van der Waals surface area (Å²) in [6, 6.07) is 10.8. The van der Waals surface area contributed by atoms with E-state index in [0.717, 1.165) is 51.4 Å². The summed E-state index contributed by atoms with van der Waals surface area (Å²) in [6.45, 7) is 9.45. The average Bonchev–Trinajstić information content (AvgIpc) is 2.59. The van der Waals surface area contributed by atoms with E-state index in [1.807, 2.05) is 12.1 Å². The molecule has 0 saturated carbocycles. The number of hydrogen-bond donors (Lipinski definition) is 1. The molecule has 132 valence electrons. The molecule has 0 amide bonds. The number of hydrogen-bond acceptors (Lipinski definition) is 5. The minimum absolute atomic E-state index is 0.466. The van der Waals surface area contributed by atoms with Crippen LogP contribution < -0.4 is 10.1 Å². The Morgan fingerprint density at radius 1 is 1.29 bits per heavy atom. The van der Waals surface area contributed by atoms with Crippen molar-refractivity contribution in [3.05, 3.63) is 29.8 Å². The van der Waals surface area contributed by atoms with E-state index in [1.165, 1.54) is 5.56 Å². The SMILES string of the molecule is CC(CN1CCN(C)CC1)NCc1cccc(OCCCC#N)c1. The molecule has 1 aliphatic heterocycles. The molecule has 1 aromatic carbocycles. The second-order valence-corrected chi connectivity index (χ2v) is 6.64. The third-order valence-electron chi connectivity index (χ3n) is 4.38. The highest BCUT2D eigenvalue weighted by molar-refractivity contribution is 5.28. The fourth-order valence-corrected chi connectivity index (χ4v) is 2.86. The van der Waals surface area contributed by atoms with E-state index in [2.05, 4.69) is 47.3 Å². The first-order valence-electron chi connectivity index (χ1n) is 8.90. The Morgan fingerprint density at radius 3 is 2.83 bits per heavy atom. The van der Waals surface area contributed by atoms with Crippen LogP contribution in [0.2, 0.25) is 0 Å². The maximum atomic E-state index is 8.54. The highest BCUT2D eigenvalue weighted by Crippen LogP contribution is 2.14. The minimum Gasteiger partial charge on any atom is -0.494 e. The second-order valence-electron chi connectivity index (χ2n) is 6.64. The van der Waals surface area contributed by atoms with E-state index in [4.69, 9.17) is 10.00 Å². The van der Waals surface area contributed by atoms with Crippen LogP contribution in [0.5, 0.6) is 5.75 Å². The van der Waals surface area contributed by atoms with Gasteiger partial charge in [0.1, 0.15) is 5.75 Å². The first-order valence-corrected chi connectivity index (χ1v) is 8.90. The molecule has 0 radical (unpaired) electrons. The van der Waals surface area contributed by atoms with Gasteiger partial charge < -0.3 is 15.0 Å². The molecule has 1 N–H and O–H groups in total. The molecule has 0 bridgehead atoms. The molecule has 2 rings (SSSR count). The van der Waals surface area contributed by atoms with Crippen LogP contribution in [0.15, 0.2) is 24.3 Å². The lowest BCUT2D eigenvalue weighted by molar-refractivity contribution is 0.144. The van der Waals surface area contributed by atoms with Gasteiger partial charge in [0.15, 0.2) is 0 Å².